The second kappa shape index (κ2) is 8.36. The van der Waals surface area contributed by atoms with E-state index in [0.717, 1.165) is 11.1 Å². The van der Waals surface area contributed by atoms with Crippen molar-refractivity contribution in [2.45, 2.75) is 13.1 Å². The molecule has 4 aromatic rings. The van der Waals surface area contributed by atoms with Gasteiger partial charge in [-0.25, -0.2) is 19.4 Å². The summed E-state index contributed by atoms with van der Waals surface area (Å²) in [7, 11) is 0. The van der Waals surface area contributed by atoms with E-state index in [1.54, 1.807) is 24.3 Å². The number of aromatic carboxylic acids is 1. The molecule has 0 spiro atoms. The number of aromatic nitrogens is 6. The Bertz CT molecular complexity index is 1180. The van der Waals surface area contributed by atoms with Crippen LogP contribution >= 0.6 is 11.6 Å². The fourth-order valence-corrected chi connectivity index (χ4v) is 3.09. The van der Waals surface area contributed by atoms with Gasteiger partial charge in [0.15, 0.2) is 5.69 Å². The standard InChI is InChI=1S/C20H16ClN7O2/c21-15-7-5-14(6-8-15)18-17(13-3-1-12(9-22)2-4-13)24-16(19(25-18)20(29)30)10-28-11-23-26-27-28/h1-8,11H,9-10,22H2,(H,29,30). The van der Waals surface area contributed by atoms with E-state index in [1.165, 1.54) is 11.0 Å². The van der Waals surface area contributed by atoms with E-state index in [-0.39, 0.29) is 17.9 Å². The molecule has 30 heavy (non-hydrogen) atoms. The summed E-state index contributed by atoms with van der Waals surface area (Å²) in [5.41, 5.74) is 9.18. The van der Waals surface area contributed by atoms with E-state index in [9.17, 15) is 9.90 Å². The monoisotopic (exact) mass is 421 g/mol. The van der Waals surface area contributed by atoms with E-state index < -0.39 is 5.97 Å². The Morgan fingerprint density at radius 2 is 1.63 bits per heavy atom. The van der Waals surface area contributed by atoms with Crippen molar-refractivity contribution in [2.24, 2.45) is 5.73 Å². The van der Waals surface area contributed by atoms with Crippen LogP contribution in [0.15, 0.2) is 54.9 Å². The zero-order valence-electron chi connectivity index (χ0n) is 15.6. The van der Waals surface area contributed by atoms with Crippen LogP contribution in [0, 0.1) is 0 Å². The number of tetrazole rings is 1. The Balaban J connectivity index is 1.93. The van der Waals surface area contributed by atoms with Crippen LogP contribution in [-0.4, -0.2) is 41.3 Å². The molecule has 0 amide bonds. The first-order valence-corrected chi connectivity index (χ1v) is 9.33. The van der Waals surface area contributed by atoms with Crippen LogP contribution in [0.5, 0.6) is 0 Å². The third kappa shape index (κ3) is 4.02. The van der Waals surface area contributed by atoms with Crippen LogP contribution in [0.2, 0.25) is 5.02 Å². The molecule has 2 heterocycles. The lowest BCUT2D eigenvalue weighted by atomic mass is 10.0. The van der Waals surface area contributed by atoms with Crippen LogP contribution in [-0.2, 0) is 13.1 Å². The molecule has 0 bridgehead atoms. The van der Waals surface area contributed by atoms with Crippen molar-refractivity contribution in [3.63, 3.8) is 0 Å². The highest BCUT2D eigenvalue weighted by Gasteiger charge is 2.21. The predicted molar refractivity (Wildman–Crippen MR) is 110 cm³/mol. The van der Waals surface area contributed by atoms with Gasteiger partial charge in [-0.2, -0.15) is 0 Å². The first kappa shape index (κ1) is 19.6. The van der Waals surface area contributed by atoms with E-state index in [1.807, 2.05) is 24.3 Å². The summed E-state index contributed by atoms with van der Waals surface area (Å²) < 4.78 is 1.39. The summed E-state index contributed by atoms with van der Waals surface area (Å²) in [6.07, 6.45) is 1.39. The average Bonchev–Trinajstić information content (AvgIpc) is 3.27. The Morgan fingerprint density at radius 3 is 2.20 bits per heavy atom. The molecule has 3 N–H and O–H groups in total. The van der Waals surface area contributed by atoms with Crippen molar-refractivity contribution in [3.05, 3.63) is 76.8 Å². The van der Waals surface area contributed by atoms with Crippen molar-refractivity contribution >= 4 is 17.6 Å². The minimum atomic E-state index is -1.19. The second-order valence-electron chi connectivity index (χ2n) is 6.44. The molecule has 150 valence electrons. The molecule has 0 fully saturated rings. The zero-order valence-corrected chi connectivity index (χ0v) is 16.4. The third-order valence-electron chi connectivity index (χ3n) is 4.45. The van der Waals surface area contributed by atoms with E-state index in [2.05, 4.69) is 25.5 Å². The fraction of sp³-hybridized carbons (Fsp3) is 0.100. The predicted octanol–water partition coefficient (Wildman–Crippen LogP) is 2.66. The lowest BCUT2D eigenvalue weighted by Gasteiger charge is -2.14. The number of carboxylic acid groups (broad SMARTS) is 1. The maximum absolute atomic E-state index is 11.9. The van der Waals surface area contributed by atoms with Crippen molar-refractivity contribution in [1.82, 2.24) is 30.2 Å². The Morgan fingerprint density at radius 1 is 1.00 bits per heavy atom. The zero-order chi connectivity index (χ0) is 21.1. The summed E-state index contributed by atoms with van der Waals surface area (Å²) in [4.78, 5) is 21.1. The Labute approximate surface area is 176 Å². The molecule has 0 saturated carbocycles. The molecule has 9 nitrogen and oxygen atoms in total. The van der Waals surface area contributed by atoms with Gasteiger partial charge in [0.2, 0.25) is 0 Å². The van der Waals surface area contributed by atoms with Gasteiger partial charge in [0.25, 0.3) is 0 Å². The van der Waals surface area contributed by atoms with Gasteiger partial charge in [0.1, 0.15) is 6.33 Å². The maximum Gasteiger partial charge on any atom is 0.356 e. The van der Waals surface area contributed by atoms with Crippen molar-refractivity contribution < 1.29 is 9.90 Å². The number of rotatable bonds is 6. The van der Waals surface area contributed by atoms with Gasteiger partial charge < -0.3 is 10.8 Å². The molecular weight excluding hydrogens is 406 g/mol. The van der Waals surface area contributed by atoms with Crippen LogP contribution < -0.4 is 5.73 Å². The van der Waals surface area contributed by atoms with Gasteiger partial charge in [-0.15, -0.1) is 5.10 Å². The largest absolute Gasteiger partial charge is 0.476 e. The van der Waals surface area contributed by atoms with Gasteiger partial charge in [-0.1, -0.05) is 48.0 Å². The highest BCUT2D eigenvalue weighted by molar-refractivity contribution is 6.30. The van der Waals surface area contributed by atoms with Gasteiger partial charge in [-0.3, -0.25) is 0 Å². The molecule has 0 aliphatic heterocycles. The number of benzene rings is 2. The van der Waals surface area contributed by atoms with Gasteiger partial charge in [-0.05, 0) is 28.1 Å². The minimum absolute atomic E-state index is 0.0659. The Kier molecular flexibility index (Phi) is 5.46. The van der Waals surface area contributed by atoms with E-state index in [0.29, 0.717) is 28.5 Å². The van der Waals surface area contributed by atoms with Crippen LogP contribution in [0.4, 0.5) is 0 Å². The van der Waals surface area contributed by atoms with Gasteiger partial charge >= 0.3 is 5.97 Å². The maximum atomic E-state index is 11.9. The van der Waals surface area contributed by atoms with Gasteiger partial charge in [0.05, 0.1) is 23.6 Å². The molecule has 2 aromatic heterocycles. The normalized spacial score (nSPS) is 10.9. The molecule has 10 heteroatoms. The minimum Gasteiger partial charge on any atom is -0.476 e. The Hall–Kier alpha value is -3.69. The summed E-state index contributed by atoms with van der Waals surface area (Å²) in [5.74, 6) is -1.19. The number of nitrogens with zero attached hydrogens (tertiary/aromatic N) is 6. The number of halogens is 1. The second-order valence-corrected chi connectivity index (χ2v) is 6.87. The highest BCUT2D eigenvalue weighted by Crippen LogP contribution is 2.31. The summed E-state index contributed by atoms with van der Waals surface area (Å²) in [5, 5.41) is 21.3. The summed E-state index contributed by atoms with van der Waals surface area (Å²) in [6, 6.07) is 14.5. The van der Waals surface area contributed by atoms with Crippen LogP contribution in [0.1, 0.15) is 21.7 Å². The molecular formula is C20H16ClN7O2. The molecule has 0 aliphatic carbocycles. The number of nitrogens with two attached hydrogens (primary N) is 1. The van der Waals surface area contributed by atoms with Crippen LogP contribution in [0.25, 0.3) is 22.5 Å². The van der Waals surface area contributed by atoms with Gasteiger partial charge in [0, 0.05) is 22.7 Å². The van der Waals surface area contributed by atoms with Crippen LogP contribution in [0.3, 0.4) is 0 Å². The quantitative estimate of drug-likeness (QED) is 0.485. The number of hydrogen-bond donors (Lipinski definition) is 2. The molecule has 0 radical (unpaired) electrons. The topological polar surface area (TPSA) is 133 Å². The first-order valence-electron chi connectivity index (χ1n) is 8.95. The SMILES string of the molecule is NCc1ccc(-c2nc(Cn3cnnn3)c(C(=O)O)nc2-c2ccc(Cl)cc2)cc1. The van der Waals surface area contributed by atoms with E-state index in [4.69, 9.17) is 17.3 Å². The highest BCUT2D eigenvalue weighted by atomic mass is 35.5. The lowest BCUT2D eigenvalue weighted by Crippen LogP contribution is -2.14. The summed E-state index contributed by atoms with van der Waals surface area (Å²) in [6.45, 7) is 0.481. The third-order valence-corrected chi connectivity index (χ3v) is 4.71. The molecule has 4 rings (SSSR count). The molecule has 0 atom stereocenters. The fourth-order valence-electron chi connectivity index (χ4n) is 2.97. The summed E-state index contributed by atoms with van der Waals surface area (Å²) >= 11 is 6.01. The van der Waals surface area contributed by atoms with Crippen molar-refractivity contribution in [3.8, 4) is 22.5 Å². The van der Waals surface area contributed by atoms with Crippen molar-refractivity contribution in [1.29, 1.82) is 0 Å². The average molecular weight is 422 g/mol. The number of carbonyl (C=O) groups is 1. The molecule has 0 aliphatic rings. The molecule has 2 aromatic carbocycles. The van der Waals surface area contributed by atoms with Crippen molar-refractivity contribution in [2.75, 3.05) is 0 Å². The first-order chi connectivity index (χ1) is 14.5. The smallest absolute Gasteiger partial charge is 0.356 e. The van der Waals surface area contributed by atoms with E-state index >= 15 is 0 Å². The number of hydrogen-bond acceptors (Lipinski definition) is 7. The lowest BCUT2D eigenvalue weighted by molar-refractivity contribution is 0.0688. The molecule has 0 saturated heterocycles. The molecule has 0 unspecified atom stereocenters. The number of carboxylic acids is 1.